The molecule has 5 heteroatoms. The maximum absolute atomic E-state index is 11.1. The highest BCUT2D eigenvalue weighted by atomic mass is 32.1. The SMILES string of the molecule is CCC(=O)NC(=S)Nc1cccc(OC)c1. The molecule has 0 saturated carbocycles. The Morgan fingerprint density at radius 2 is 2.25 bits per heavy atom. The van der Waals surface area contributed by atoms with Crippen molar-refractivity contribution < 1.29 is 9.53 Å². The second kappa shape index (κ2) is 6.07. The molecule has 86 valence electrons. The number of amides is 1. The van der Waals surface area contributed by atoms with Crippen molar-refractivity contribution in [3.8, 4) is 5.75 Å². The van der Waals surface area contributed by atoms with Crippen LogP contribution < -0.4 is 15.4 Å². The maximum Gasteiger partial charge on any atom is 0.225 e. The molecule has 2 N–H and O–H groups in total. The van der Waals surface area contributed by atoms with E-state index in [2.05, 4.69) is 10.6 Å². The number of carbonyl (C=O) groups is 1. The molecule has 0 heterocycles. The van der Waals surface area contributed by atoms with E-state index in [1.807, 2.05) is 18.2 Å². The third-order valence-electron chi connectivity index (χ3n) is 1.90. The number of hydrogen-bond acceptors (Lipinski definition) is 3. The van der Waals surface area contributed by atoms with Crippen molar-refractivity contribution in [1.82, 2.24) is 5.32 Å². The van der Waals surface area contributed by atoms with Crippen molar-refractivity contribution in [3.63, 3.8) is 0 Å². The lowest BCUT2D eigenvalue weighted by Crippen LogP contribution is -2.33. The minimum atomic E-state index is -0.111. The first-order valence-electron chi connectivity index (χ1n) is 4.90. The van der Waals surface area contributed by atoms with Gasteiger partial charge in [0.25, 0.3) is 0 Å². The molecule has 0 aromatic heterocycles. The summed E-state index contributed by atoms with van der Waals surface area (Å²) in [4.78, 5) is 11.1. The van der Waals surface area contributed by atoms with Gasteiger partial charge in [0, 0.05) is 18.2 Å². The van der Waals surface area contributed by atoms with Gasteiger partial charge in [-0.1, -0.05) is 13.0 Å². The molecule has 0 fully saturated rings. The molecule has 1 rings (SSSR count). The van der Waals surface area contributed by atoms with Gasteiger partial charge in [-0.05, 0) is 24.4 Å². The molecule has 1 aromatic rings. The highest BCUT2D eigenvalue weighted by molar-refractivity contribution is 7.80. The second-order valence-corrected chi connectivity index (χ2v) is 3.50. The van der Waals surface area contributed by atoms with Crippen LogP contribution in [0.25, 0.3) is 0 Å². The normalized spacial score (nSPS) is 9.38. The molecule has 0 radical (unpaired) electrons. The summed E-state index contributed by atoms with van der Waals surface area (Å²) in [5.74, 6) is 0.620. The Hall–Kier alpha value is -1.62. The molecular weight excluding hydrogens is 224 g/mol. The van der Waals surface area contributed by atoms with Crippen molar-refractivity contribution in [2.75, 3.05) is 12.4 Å². The second-order valence-electron chi connectivity index (χ2n) is 3.09. The summed E-state index contributed by atoms with van der Waals surface area (Å²) in [5.41, 5.74) is 0.778. The van der Waals surface area contributed by atoms with Crippen LogP contribution in [0.2, 0.25) is 0 Å². The number of hydrogen-bond donors (Lipinski definition) is 2. The molecule has 4 nitrogen and oxygen atoms in total. The summed E-state index contributed by atoms with van der Waals surface area (Å²) >= 11 is 4.97. The van der Waals surface area contributed by atoms with Crippen molar-refractivity contribution in [3.05, 3.63) is 24.3 Å². The molecule has 0 unspecified atom stereocenters. The zero-order valence-electron chi connectivity index (χ0n) is 9.24. The highest BCUT2D eigenvalue weighted by Crippen LogP contribution is 2.16. The first-order valence-corrected chi connectivity index (χ1v) is 5.31. The quantitative estimate of drug-likeness (QED) is 0.790. The van der Waals surface area contributed by atoms with Gasteiger partial charge in [0.2, 0.25) is 5.91 Å². The fraction of sp³-hybridized carbons (Fsp3) is 0.273. The molecule has 0 bridgehead atoms. The maximum atomic E-state index is 11.1. The van der Waals surface area contributed by atoms with Gasteiger partial charge in [-0.2, -0.15) is 0 Å². The van der Waals surface area contributed by atoms with Crippen molar-refractivity contribution in [1.29, 1.82) is 0 Å². The minimum Gasteiger partial charge on any atom is -0.497 e. The molecular formula is C11H14N2O2S. The van der Waals surface area contributed by atoms with E-state index in [1.165, 1.54) is 0 Å². The third-order valence-corrected chi connectivity index (χ3v) is 2.11. The highest BCUT2D eigenvalue weighted by Gasteiger charge is 2.02. The summed E-state index contributed by atoms with van der Waals surface area (Å²) in [6.45, 7) is 1.77. The van der Waals surface area contributed by atoms with Crippen molar-refractivity contribution in [2.45, 2.75) is 13.3 Å². The van der Waals surface area contributed by atoms with E-state index < -0.39 is 0 Å². The standard InChI is InChI=1S/C11H14N2O2S/c1-3-10(14)13-11(16)12-8-5-4-6-9(7-8)15-2/h4-7H,3H2,1-2H3,(H2,12,13,14,16). The monoisotopic (exact) mass is 238 g/mol. The van der Waals surface area contributed by atoms with E-state index >= 15 is 0 Å². The van der Waals surface area contributed by atoms with Crippen molar-refractivity contribution >= 4 is 28.9 Å². The van der Waals surface area contributed by atoms with Crippen LogP contribution in [0.3, 0.4) is 0 Å². The summed E-state index contributed by atoms with van der Waals surface area (Å²) < 4.78 is 5.07. The number of ether oxygens (including phenoxy) is 1. The zero-order chi connectivity index (χ0) is 12.0. The topological polar surface area (TPSA) is 50.4 Å². The lowest BCUT2D eigenvalue weighted by atomic mass is 10.3. The molecule has 0 saturated heterocycles. The number of thiocarbonyl (C=S) groups is 1. The van der Waals surface area contributed by atoms with Gasteiger partial charge in [0.05, 0.1) is 7.11 Å². The molecule has 1 amide bonds. The predicted octanol–water partition coefficient (Wildman–Crippen LogP) is 1.92. The van der Waals surface area contributed by atoms with Crippen LogP contribution in [0.1, 0.15) is 13.3 Å². The molecule has 1 aromatic carbocycles. The molecule has 0 aliphatic rings. The lowest BCUT2D eigenvalue weighted by molar-refractivity contribution is -0.119. The third kappa shape index (κ3) is 3.86. The first-order chi connectivity index (χ1) is 7.65. The van der Waals surface area contributed by atoms with E-state index in [4.69, 9.17) is 17.0 Å². The molecule has 0 atom stereocenters. The van der Waals surface area contributed by atoms with Crippen LogP contribution in [0, 0.1) is 0 Å². The Labute approximate surface area is 100.0 Å². The molecule has 16 heavy (non-hydrogen) atoms. The molecule has 0 spiro atoms. The summed E-state index contributed by atoms with van der Waals surface area (Å²) in [5, 5.41) is 5.75. The summed E-state index contributed by atoms with van der Waals surface area (Å²) in [6.07, 6.45) is 0.403. The number of carbonyl (C=O) groups excluding carboxylic acids is 1. The Bertz CT molecular complexity index is 393. The first kappa shape index (κ1) is 12.4. The number of anilines is 1. The number of benzene rings is 1. The van der Waals surface area contributed by atoms with E-state index in [-0.39, 0.29) is 5.91 Å². The van der Waals surface area contributed by atoms with Gasteiger partial charge in [0.1, 0.15) is 5.75 Å². The van der Waals surface area contributed by atoms with Gasteiger partial charge >= 0.3 is 0 Å². The molecule has 0 aliphatic carbocycles. The average Bonchev–Trinajstić information content (AvgIpc) is 2.28. The van der Waals surface area contributed by atoms with Crippen LogP contribution in [0.4, 0.5) is 5.69 Å². The Morgan fingerprint density at radius 3 is 2.88 bits per heavy atom. The number of rotatable bonds is 3. The van der Waals surface area contributed by atoms with Crippen LogP contribution >= 0.6 is 12.2 Å². The Balaban J connectivity index is 2.59. The predicted molar refractivity (Wildman–Crippen MR) is 67.6 cm³/mol. The molecule has 0 aliphatic heterocycles. The summed E-state index contributed by atoms with van der Waals surface area (Å²) in [6, 6.07) is 7.31. The Morgan fingerprint density at radius 1 is 1.50 bits per heavy atom. The van der Waals surface area contributed by atoms with Gasteiger partial charge in [-0.3, -0.25) is 4.79 Å². The van der Waals surface area contributed by atoms with E-state index in [1.54, 1.807) is 20.1 Å². The van der Waals surface area contributed by atoms with Gasteiger partial charge < -0.3 is 15.4 Å². The van der Waals surface area contributed by atoms with Gasteiger partial charge in [-0.25, -0.2) is 0 Å². The Kier molecular flexibility index (Phi) is 4.72. The van der Waals surface area contributed by atoms with Gasteiger partial charge in [0.15, 0.2) is 5.11 Å². The number of nitrogens with one attached hydrogen (secondary N) is 2. The fourth-order valence-corrected chi connectivity index (χ4v) is 1.31. The average molecular weight is 238 g/mol. The van der Waals surface area contributed by atoms with E-state index in [9.17, 15) is 4.79 Å². The van der Waals surface area contributed by atoms with Gasteiger partial charge in [-0.15, -0.1) is 0 Å². The van der Waals surface area contributed by atoms with E-state index in [0.717, 1.165) is 11.4 Å². The lowest BCUT2D eigenvalue weighted by Gasteiger charge is -2.09. The number of methoxy groups -OCH3 is 1. The van der Waals surface area contributed by atoms with Crippen LogP contribution in [0.15, 0.2) is 24.3 Å². The van der Waals surface area contributed by atoms with Crippen LogP contribution in [-0.2, 0) is 4.79 Å². The zero-order valence-corrected chi connectivity index (χ0v) is 10.1. The summed E-state index contributed by atoms with van der Waals surface area (Å²) in [7, 11) is 1.59. The van der Waals surface area contributed by atoms with Crippen LogP contribution in [0.5, 0.6) is 5.75 Å². The van der Waals surface area contributed by atoms with E-state index in [0.29, 0.717) is 11.5 Å². The minimum absolute atomic E-state index is 0.111. The smallest absolute Gasteiger partial charge is 0.225 e. The fourth-order valence-electron chi connectivity index (χ4n) is 1.08. The largest absolute Gasteiger partial charge is 0.497 e. The van der Waals surface area contributed by atoms with Crippen LogP contribution in [-0.4, -0.2) is 18.1 Å². The van der Waals surface area contributed by atoms with Crippen molar-refractivity contribution in [2.24, 2.45) is 0 Å².